The van der Waals surface area contributed by atoms with Crippen LogP contribution in [0.15, 0.2) is 12.4 Å². The van der Waals surface area contributed by atoms with Gasteiger partial charge < -0.3 is 10.2 Å². The highest BCUT2D eigenvalue weighted by atomic mass is 16.2. The normalized spacial score (nSPS) is 15.9. The van der Waals surface area contributed by atoms with Gasteiger partial charge in [-0.15, -0.1) is 0 Å². The molecular weight excluding hydrogens is 228 g/mol. The van der Waals surface area contributed by atoms with Crippen LogP contribution in [-0.2, 0) is 4.79 Å². The molecule has 0 spiro atoms. The lowest BCUT2D eigenvalue weighted by Crippen LogP contribution is -2.39. The Balaban J connectivity index is 1.85. The van der Waals surface area contributed by atoms with Gasteiger partial charge in [0.2, 0.25) is 5.91 Å². The summed E-state index contributed by atoms with van der Waals surface area (Å²) in [4.78, 5) is 21.8. The maximum atomic E-state index is 12.0. The van der Waals surface area contributed by atoms with Gasteiger partial charge in [0.25, 0.3) is 0 Å². The van der Waals surface area contributed by atoms with Crippen molar-refractivity contribution in [2.45, 2.75) is 38.6 Å². The van der Waals surface area contributed by atoms with Crippen LogP contribution in [0.25, 0.3) is 0 Å². The van der Waals surface area contributed by atoms with E-state index in [2.05, 4.69) is 15.3 Å². The highest BCUT2D eigenvalue weighted by molar-refractivity contribution is 5.93. The summed E-state index contributed by atoms with van der Waals surface area (Å²) in [7, 11) is 1.76. The molecule has 98 valence electrons. The molecule has 5 nitrogen and oxygen atoms in total. The molecule has 1 aromatic heterocycles. The Morgan fingerprint density at radius 2 is 2.00 bits per heavy atom. The predicted molar refractivity (Wildman–Crippen MR) is 70.4 cm³/mol. The Bertz CT molecular complexity index is 398. The summed E-state index contributed by atoms with van der Waals surface area (Å²) in [5.41, 5.74) is 0.735. The first-order valence-corrected chi connectivity index (χ1v) is 6.45. The number of hydrogen-bond acceptors (Lipinski definition) is 4. The number of aryl methyl sites for hydroxylation is 1. The third kappa shape index (κ3) is 3.26. The van der Waals surface area contributed by atoms with Crippen LogP contribution >= 0.6 is 0 Å². The third-order valence-electron chi connectivity index (χ3n) is 3.43. The standard InChI is InChI=1S/C13H20N4O/c1-10-14-7-12(8-15-10)17(2)13(18)9-16-11-5-3-4-6-11/h7-8,11,16H,3-6,9H2,1-2H3. The van der Waals surface area contributed by atoms with Crippen molar-refractivity contribution in [2.75, 3.05) is 18.5 Å². The van der Waals surface area contributed by atoms with Gasteiger partial charge >= 0.3 is 0 Å². The average molecular weight is 248 g/mol. The number of rotatable bonds is 4. The van der Waals surface area contributed by atoms with Gasteiger partial charge in [-0.2, -0.15) is 0 Å². The quantitative estimate of drug-likeness (QED) is 0.872. The summed E-state index contributed by atoms with van der Waals surface area (Å²) in [6.45, 7) is 2.21. The molecule has 5 heteroatoms. The van der Waals surface area contributed by atoms with Crippen LogP contribution in [0.4, 0.5) is 5.69 Å². The molecule has 1 aliphatic carbocycles. The monoisotopic (exact) mass is 248 g/mol. The Kier molecular flexibility index (Phi) is 4.25. The lowest BCUT2D eigenvalue weighted by molar-refractivity contribution is -0.117. The molecule has 1 heterocycles. The maximum Gasteiger partial charge on any atom is 0.240 e. The van der Waals surface area contributed by atoms with Crippen LogP contribution in [0.3, 0.4) is 0 Å². The van der Waals surface area contributed by atoms with Gasteiger partial charge in [-0.05, 0) is 19.8 Å². The van der Waals surface area contributed by atoms with Crippen LogP contribution in [0.2, 0.25) is 0 Å². The molecule has 0 atom stereocenters. The second-order valence-corrected chi connectivity index (χ2v) is 4.80. The van der Waals surface area contributed by atoms with Crippen LogP contribution in [0.1, 0.15) is 31.5 Å². The summed E-state index contributed by atoms with van der Waals surface area (Å²) in [5, 5.41) is 3.31. The summed E-state index contributed by atoms with van der Waals surface area (Å²) in [6.07, 6.45) is 8.27. The van der Waals surface area contributed by atoms with Gasteiger partial charge in [-0.1, -0.05) is 12.8 Å². The van der Waals surface area contributed by atoms with Gasteiger partial charge in [0.05, 0.1) is 24.6 Å². The maximum absolute atomic E-state index is 12.0. The van der Waals surface area contributed by atoms with Crippen molar-refractivity contribution in [1.82, 2.24) is 15.3 Å². The van der Waals surface area contributed by atoms with E-state index in [0.717, 1.165) is 5.69 Å². The highest BCUT2D eigenvalue weighted by Crippen LogP contribution is 2.17. The molecule has 0 unspecified atom stereocenters. The topological polar surface area (TPSA) is 58.1 Å². The largest absolute Gasteiger partial charge is 0.312 e. The first kappa shape index (κ1) is 13.0. The Morgan fingerprint density at radius 3 is 2.61 bits per heavy atom. The number of likely N-dealkylation sites (N-methyl/N-ethyl adjacent to an activating group) is 1. The second-order valence-electron chi connectivity index (χ2n) is 4.80. The zero-order valence-corrected chi connectivity index (χ0v) is 11.0. The highest BCUT2D eigenvalue weighted by Gasteiger charge is 2.17. The van der Waals surface area contributed by atoms with E-state index in [0.29, 0.717) is 18.4 Å². The smallest absolute Gasteiger partial charge is 0.240 e. The predicted octanol–water partition coefficient (Wildman–Crippen LogP) is 1.28. The molecule has 0 bridgehead atoms. The van der Waals surface area contributed by atoms with E-state index in [1.54, 1.807) is 24.3 Å². The molecule has 1 saturated carbocycles. The number of aromatic nitrogens is 2. The van der Waals surface area contributed by atoms with Gasteiger partial charge in [-0.25, -0.2) is 9.97 Å². The van der Waals surface area contributed by atoms with Crippen molar-refractivity contribution in [3.63, 3.8) is 0 Å². The number of amides is 1. The van der Waals surface area contributed by atoms with Crippen LogP contribution in [0.5, 0.6) is 0 Å². The fraction of sp³-hybridized carbons (Fsp3) is 0.615. The molecule has 0 saturated heterocycles. The minimum absolute atomic E-state index is 0.0503. The number of carbonyl (C=O) groups is 1. The Labute approximate surface area is 108 Å². The van der Waals surface area contributed by atoms with Crippen molar-refractivity contribution in [2.24, 2.45) is 0 Å². The van der Waals surface area contributed by atoms with Crippen molar-refractivity contribution in [1.29, 1.82) is 0 Å². The number of nitrogens with one attached hydrogen (secondary N) is 1. The molecule has 2 rings (SSSR count). The second kappa shape index (κ2) is 5.91. The molecular formula is C13H20N4O. The van der Waals surface area contributed by atoms with E-state index in [4.69, 9.17) is 0 Å². The van der Waals surface area contributed by atoms with E-state index < -0.39 is 0 Å². The number of anilines is 1. The third-order valence-corrected chi connectivity index (χ3v) is 3.43. The minimum atomic E-state index is 0.0503. The lowest BCUT2D eigenvalue weighted by atomic mass is 10.2. The van der Waals surface area contributed by atoms with E-state index in [1.165, 1.54) is 25.7 Å². The molecule has 0 aromatic carbocycles. The fourth-order valence-corrected chi connectivity index (χ4v) is 2.18. The van der Waals surface area contributed by atoms with Crippen molar-refractivity contribution in [3.05, 3.63) is 18.2 Å². The minimum Gasteiger partial charge on any atom is -0.312 e. The summed E-state index contributed by atoms with van der Waals surface area (Å²) in [5.74, 6) is 0.762. The van der Waals surface area contributed by atoms with Gasteiger partial charge in [0.1, 0.15) is 5.82 Å². The van der Waals surface area contributed by atoms with Crippen molar-refractivity contribution >= 4 is 11.6 Å². The molecule has 1 aliphatic rings. The molecule has 1 amide bonds. The number of carbonyl (C=O) groups excluding carboxylic acids is 1. The summed E-state index contributed by atoms with van der Waals surface area (Å²) >= 11 is 0. The van der Waals surface area contributed by atoms with E-state index in [-0.39, 0.29) is 5.91 Å². The average Bonchev–Trinajstić information content (AvgIpc) is 2.89. The summed E-state index contributed by atoms with van der Waals surface area (Å²) in [6, 6.07) is 0.511. The molecule has 18 heavy (non-hydrogen) atoms. The van der Waals surface area contributed by atoms with Crippen molar-refractivity contribution < 1.29 is 4.79 Å². The Hall–Kier alpha value is -1.49. The number of hydrogen-bond donors (Lipinski definition) is 1. The fourth-order valence-electron chi connectivity index (χ4n) is 2.18. The van der Waals surface area contributed by atoms with E-state index in [9.17, 15) is 4.79 Å². The van der Waals surface area contributed by atoms with Crippen molar-refractivity contribution in [3.8, 4) is 0 Å². The van der Waals surface area contributed by atoms with Gasteiger partial charge in [-0.3, -0.25) is 4.79 Å². The van der Waals surface area contributed by atoms with E-state index in [1.807, 2.05) is 6.92 Å². The van der Waals surface area contributed by atoms with Crippen LogP contribution in [-0.4, -0.2) is 35.5 Å². The zero-order chi connectivity index (χ0) is 13.0. The summed E-state index contributed by atoms with van der Waals surface area (Å²) < 4.78 is 0. The first-order valence-electron chi connectivity index (χ1n) is 6.45. The molecule has 1 aromatic rings. The zero-order valence-electron chi connectivity index (χ0n) is 11.0. The van der Waals surface area contributed by atoms with Gasteiger partial charge in [0, 0.05) is 13.1 Å². The molecule has 1 N–H and O–H groups in total. The first-order chi connectivity index (χ1) is 8.66. The molecule has 0 aliphatic heterocycles. The van der Waals surface area contributed by atoms with Crippen LogP contribution in [0, 0.1) is 6.92 Å². The van der Waals surface area contributed by atoms with E-state index >= 15 is 0 Å². The lowest BCUT2D eigenvalue weighted by Gasteiger charge is -2.18. The van der Waals surface area contributed by atoms with Crippen LogP contribution < -0.4 is 10.2 Å². The van der Waals surface area contributed by atoms with Gasteiger partial charge in [0.15, 0.2) is 0 Å². The SMILES string of the molecule is Cc1ncc(N(C)C(=O)CNC2CCCC2)cn1. The molecule has 0 radical (unpaired) electrons. The number of nitrogens with zero attached hydrogens (tertiary/aromatic N) is 3. The molecule has 1 fully saturated rings. The Morgan fingerprint density at radius 1 is 1.39 bits per heavy atom.